The molecule has 3 saturated carbocycles. The van der Waals surface area contributed by atoms with Crippen molar-refractivity contribution in [2.75, 3.05) is 6.54 Å². The second-order valence-corrected chi connectivity index (χ2v) is 7.14. The first-order valence-electron chi connectivity index (χ1n) is 8.39. The molecule has 3 fully saturated rings. The summed E-state index contributed by atoms with van der Waals surface area (Å²) in [6.45, 7) is 2.98. The minimum absolute atomic E-state index is 0.000880. The average molecular weight is 291 g/mol. The fraction of sp³-hybridized carbons (Fsp3) is 0.667. The molecule has 0 radical (unpaired) electrons. The van der Waals surface area contributed by atoms with Gasteiger partial charge in [0.15, 0.2) is 11.6 Å². The van der Waals surface area contributed by atoms with Gasteiger partial charge in [-0.15, -0.1) is 0 Å². The van der Waals surface area contributed by atoms with E-state index in [0.29, 0.717) is 11.5 Å². The first kappa shape index (κ1) is 13.7. The van der Waals surface area contributed by atoms with E-state index in [4.69, 9.17) is 0 Å². The first-order valence-corrected chi connectivity index (χ1v) is 8.39. The lowest BCUT2D eigenvalue weighted by atomic mass is 9.92. The Morgan fingerprint density at radius 1 is 1.19 bits per heavy atom. The monoisotopic (exact) mass is 291 g/mol. The van der Waals surface area contributed by atoms with Gasteiger partial charge in [0.1, 0.15) is 0 Å². The molecule has 1 N–H and O–H groups in total. The summed E-state index contributed by atoms with van der Waals surface area (Å²) in [6.07, 6.45) is 5.11. The van der Waals surface area contributed by atoms with Crippen LogP contribution in [0.2, 0.25) is 0 Å². The quantitative estimate of drug-likeness (QED) is 0.853. The standard InChI is InChI=1S/C18H23F2N/c1-2-8-21-18(12-4-3-5-13(19)17(12)20)16-14-10-6-7-11(9-10)15(14)16/h3-5,10-11,14-16,18,21H,2,6-9H2,1H3. The molecule has 0 aliphatic heterocycles. The smallest absolute Gasteiger partial charge is 0.163 e. The molecule has 1 nitrogen and oxygen atoms in total. The second kappa shape index (κ2) is 5.05. The van der Waals surface area contributed by atoms with Crippen LogP contribution in [0.3, 0.4) is 0 Å². The van der Waals surface area contributed by atoms with Crippen LogP contribution < -0.4 is 5.32 Å². The van der Waals surface area contributed by atoms with Crippen LogP contribution in [-0.2, 0) is 0 Å². The Hall–Kier alpha value is -0.960. The van der Waals surface area contributed by atoms with E-state index in [9.17, 15) is 8.78 Å². The highest BCUT2D eigenvalue weighted by molar-refractivity contribution is 5.28. The first-order chi connectivity index (χ1) is 10.2. The van der Waals surface area contributed by atoms with Crippen LogP contribution in [0.25, 0.3) is 0 Å². The maximum Gasteiger partial charge on any atom is 0.163 e. The molecule has 4 rings (SSSR count). The van der Waals surface area contributed by atoms with Crippen molar-refractivity contribution in [2.24, 2.45) is 29.6 Å². The third kappa shape index (κ3) is 2.04. The molecule has 5 unspecified atom stereocenters. The Labute approximate surface area is 125 Å². The van der Waals surface area contributed by atoms with Crippen molar-refractivity contribution in [3.8, 4) is 0 Å². The van der Waals surface area contributed by atoms with Gasteiger partial charge in [0, 0.05) is 11.6 Å². The molecule has 0 spiro atoms. The minimum atomic E-state index is -0.718. The molecule has 2 bridgehead atoms. The van der Waals surface area contributed by atoms with Crippen molar-refractivity contribution >= 4 is 0 Å². The molecule has 5 atom stereocenters. The Kier molecular flexibility index (Phi) is 3.29. The largest absolute Gasteiger partial charge is 0.310 e. The zero-order chi connectivity index (χ0) is 14.6. The topological polar surface area (TPSA) is 12.0 Å². The lowest BCUT2D eigenvalue weighted by molar-refractivity contribution is 0.357. The molecule has 0 amide bonds. The molecule has 3 heteroatoms. The van der Waals surface area contributed by atoms with Gasteiger partial charge in [0.25, 0.3) is 0 Å². The summed E-state index contributed by atoms with van der Waals surface area (Å²) in [6, 6.07) is 4.62. The van der Waals surface area contributed by atoms with Crippen molar-refractivity contribution in [2.45, 2.75) is 38.6 Å². The molecular weight excluding hydrogens is 268 g/mol. The van der Waals surface area contributed by atoms with Gasteiger partial charge in [-0.25, -0.2) is 8.78 Å². The van der Waals surface area contributed by atoms with E-state index in [1.807, 2.05) is 0 Å². The van der Waals surface area contributed by atoms with Gasteiger partial charge in [0.2, 0.25) is 0 Å². The molecule has 0 heterocycles. The third-order valence-electron chi connectivity index (χ3n) is 6.11. The number of hydrogen-bond acceptors (Lipinski definition) is 1. The summed E-state index contributed by atoms with van der Waals surface area (Å²) in [5, 5.41) is 3.51. The van der Waals surface area contributed by atoms with Gasteiger partial charge >= 0.3 is 0 Å². The number of benzene rings is 1. The summed E-state index contributed by atoms with van der Waals surface area (Å²) in [5.41, 5.74) is 0.544. The summed E-state index contributed by atoms with van der Waals surface area (Å²) in [4.78, 5) is 0. The van der Waals surface area contributed by atoms with Crippen LogP contribution in [0.5, 0.6) is 0 Å². The lowest BCUT2D eigenvalue weighted by Crippen LogP contribution is -2.27. The zero-order valence-electron chi connectivity index (χ0n) is 12.5. The van der Waals surface area contributed by atoms with Gasteiger partial charge in [-0.1, -0.05) is 19.1 Å². The van der Waals surface area contributed by atoms with Gasteiger partial charge < -0.3 is 5.32 Å². The summed E-state index contributed by atoms with van der Waals surface area (Å²) in [5.74, 6) is 2.40. The van der Waals surface area contributed by atoms with Crippen molar-refractivity contribution in [1.29, 1.82) is 0 Å². The van der Waals surface area contributed by atoms with Gasteiger partial charge in [-0.2, -0.15) is 0 Å². The third-order valence-corrected chi connectivity index (χ3v) is 6.11. The van der Waals surface area contributed by atoms with E-state index in [0.717, 1.165) is 36.6 Å². The van der Waals surface area contributed by atoms with E-state index >= 15 is 0 Å². The highest BCUT2D eigenvalue weighted by atomic mass is 19.2. The highest BCUT2D eigenvalue weighted by Crippen LogP contribution is 2.72. The zero-order valence-corrected chi connectivity index (χ0v) is 12.5. The minimum Gasteiger partial charge on any atom is -0.310 e. The Morgan fingerprint density at radius 3 is 2.57 bits per heavy atom. The van der Waals surface area contributed by atoms with E-state index < -0.39 is 11.6 Å². The predicted octanol–water partition coefficient (Wildman–Crippen LogP) is 4.30. The van der Waals surface area contributed by atoms with Gasteiger partial charge in [-0.3, -0.25) is 0 Å². The van der Waals surface area contributed by atoms with Crippen LogP contribution >= 0.6 is 0 Å². The SMILES string of the molecule is CCCNC(c1cccc(F)c1F)C1C2C3CCC(C3)C21. The molecule has 3 aliphatic rings. The molecule has 1 aromatic carbocycles. The number of rotatable bonds is 5. The molecule has 3 aliphatic carbocycles. The van der Waals surface area contributed by atoms with Crippen molar-refractivity contribution < 1.29 is 8.78 Å². The van der Waals surface area contributed by atoms with E-state index in [2.05, 4.69) is 12.2 Å². The van der Waals surface area contributed by atoms with Gasteiger partial charge in [-0.05, 0) is 67.9 Å². The van der Waals surface area contributed by atoms with Crippen LogP contribution in [0.15, 0.2) is 18.2 Å². The predicted molar refractivity (Wildman–Crippen MR) is 78.7 cm³/mol. The fourth-order valence-electron chi connectivity index (χ4n) is 5.35. The van der Waals surface area contributed by atoms with Crippen molar-refractivity contribution in [1.82, 2.24) is 5.32 Å². The Bertz CT molecular complexity index is 528. The molecule has 21 heavy (non-hydrogen) atoms. The second-order valence-electron chi connectivity index (χ2n) is 7.14. The number of fused-ring (bicyclic) bond motifs is 5. The summed E-state index contributed by atoms with van der Waals surface area (Å²) >= 11 is 0. The molecule has 114 valence electrons. The number of hydrogen-bond donors (Lipinski definition) is 1. The van der Waals surface area contributed by atoms with Crippen LogP contribution in [0, 0.1) is 41.2 Å². The average Bonchev–Trinajstić information content (AvgIpc) is 2.90. The Balaban J connectivity index is 1.62. The van der Waals surface area contributed by atoms with E-state index in [1.54, 1.807) is 12.1 Å². The Morgan fingerprint density at radius 2 is 1.90 bits per heavy atom. The lowest BCUT2D eigenvalue weighted by Gasteiger charge is -2.23. The van der Waals surface area contributed by atoms with Crippen molar-refractivity contribution in [3.05, 3.63) is 35.4 Å². The molecular formula is C18H23F2N. The maximum absolute atomic E-state index is 14.2. The van der Waals surface area contributed by atoms with Crippen LogP contribution in [0.1, 0.15) is 44.2 Å². The molecule has 0 saturated heterocycles. The molecule has 1 aromatic rings. The van der Waals surface area contributed by atoms with E-state index in [-0.39, 0.29) is 6.04 Å². The van der Waals surface area contributed by atoms with Crippen LogP contribution in [-0.4, -0.2) is 6.54 Å². The van der Waals surface area contributed by atoms with Gasteiger partial charge in [0.05, 0.1) is 0 Å². The van der Waals surface area contributed by atoms with E-state index in [1.165, 1.54) is 25.3 Å². The normalized spacial score (nSPS) is 37.6. The van der Waals surface area contributed by atoms with Crippen molar-refractivity contribution in [3.63, 3.8) is 0 Å². The maximum atomic E-state index is 14.2. The van der Waals surface area contributed by atoms with Crippen LogP contribution in [0.4, 0.5) is 8.78 Å². The fourth-order valence-corrected chi connectivity index (χ4v) is 5.35. The summed E-state index contributed by atoms with van der Waals surface area (Å²) in [7, 11) is 0. The number of halogens is 2. The summed E-state index contributed by atoms with van der Waals surface area (Å²) < 4.78 is 27.8. The molecule has 0 aromatic heterocycles. The number of nitrogens with one attached hydrogen (secondary N) is 1. The highest BCUT2D eigenvalue weighted by Gasteiger charge is 2.66.